The minimum Gasteiger partial charge on any atom is -0.468 e. The number of aromatic nitrogens is 3. The van der Waals surface area contributed by atoms with Gasteiger partial charge in [-0.25, -0.2) is 18.8 Å². The van der Waals surface area contributed by atoms with E-state index in [9.17, 15) is 17.6 Å². The Morgan fingerprint density at radius 3 is 2.38 bits per heavy atom. The van der Waals surface area contributed by atoms with Crippen molar-refractivity contribution in [2.75, 3.05) is 41.4 Å². The van der Waals surface area contributed by atoms with Crippen molar-refractivity contribution in [3.8, 4) is 17.6 Å². The Morgan fingerprint density at radius 2 is 1.78 bits per heavy atom. The number of likely N-dealkylation sites (tertiary alicyclic amines) is 1. The van der Waals surface area contributed by atoms with Crippen molar-refractivity contribution in [1.82, 2.24) is 28.7 Å². The topological polar surface area (TPSA) is 132 Å². The van der Waals surface area contributed by atoms with Gasteiger partial charge in [-0.05, 0) is 80.6 Å². The van der Waals surface area contributed by atoms with Gasteiger partial charge in [-0.1, -0.05) is 6.42 Å². The Hall–Kier alpha value is -4.01. The Kier molecular flexibility index (Phi) is 8.55. The first-order valence-corrected chi connectivity index (χ1v) is 16.4. The maximum absolute atomic E-state index is 13.9. The Labute approximate surface area is 261 Å². The van der Waals surface area contributed by atoms with E-state index in [4.69, 9.17) is 24.0 Å². The second-order valence-corrected chi connectivity index (χ2v) is 13.6. The smallest absolute Gasteiger partial charge is 0.303 e. The van der Waals surface area contributed by atoms with Gasteiger partial charge >= 0.3 is 10.2 Å². The SMILES string of the molecule is COc1cc(CN2CCC(c3cc(C(=O)NS(=O)(=O)N(C)C)nc4c3c(C3CCC3)nn4-c3ccc(F)cc3)CC2)c(OC)o1. The molecule has 12 nitrogen and oxygen atoms in total. The molecular formula is C31H37FN6O6S. The van der Waals surface area contributed by atoms with E-state index < -0.39 is 16.1 Å². The zero-order valence-corrected chi connectivity index (χ0v) is 26.6. The molecule has 1 N–H and O–H groups in total. The predicted molar refractivity (Wildman–Crippen MR) is 165 cm³/mol. The Balaban J connectivity index is 1.40. The molecule has 4 aromatic rings. The van der Waals surface area contributed by atoms with Crippen LogP contribution >= 0.6 is 0 Å². The normalized spacial score (nSPS) is 16.7. The molecular weight excluding hydrogens is 603 g/mol. The summed E-state index contributed by atoms with van der Waals surface area (Å²) < 4.78 is 59.9. The summed E-state index contributed by atoms with van der Waals surface area (Å²) in [4.78, 5) is 20.4. The van der Waals surface area contributed by atoms with Crippen molar-refractivity contribution in [3.63, 3.8) is 0 Å². The number of nitrogens with zero attached hydrogens (tertiary/aromatic N) is 5. The van der Waals surface area contributed by atoms with Crippen LogP contribution < -0.4 is 14.2 Å². The molecule has 1 aliphatic carbocycles. The largest absolute Gasteiger partial charge is 0.468 e. The third kappa shape index (κ3) is 6.14. The number of piperidine rings is 1. The third-order valence-electron chi connectivity index (χ3n) is 8.75. The molecule has 4 heterocycles. The zero-order valence-electron chi connectivity index (χ0n) is 25.7. The lowest BCUT2D eigenvalue weighted by Crippen LogP contribution is -2.40. The summed E-state index contributed by atoms with van der Waals surface area (Å²) in [6, 6.07) is 9.51. The molecule has 1 aliphatic heterocycles. The number of rotatable bonds is 10. The maximum Gasteiger partial charge on any atom is 0.303 e. The van der Waals surface area contributed by atoms with Crippen LogP contribution in [-0.4, -0.2) is 79.7 Å². The fourth-order valence-corrected chi connectivity index (χ4v) is 6.54. The number of nitrogens with one attached hydrogen (secondary N) is 1. The summed E-state index contributed by atoms with van der Waals surface area (Å²) in [5, 5.41) is 5.88. The summed E-state index contributed by atoms with van der Waals surface area (Å²) in [6.07, 6.45) is 4.67. The van der Waals surface area contributed by atoms with Gasteiger partial charge in [0.05, 0.1) is 31.2 Å². The maximum atomic E-state index is 13.9. The van der Waals surface area contributed by atoms with Crippen LogP contribution in [-0.2, 0) is 16.8 Å². The van der Waals surface area contributed by atoms with Crippen LogP contribution in [0.25, 0.3) is 16.7 Å². The third-order valence-corrected chi connectivity index (χ3v) is 10.2. The monoisotopic (exact) mass is 640 g/mol. The number of amides is 1. The van der Waals surface area contributed by atoms with Crippen molar-refractivity contribution in [2.24, 2.45) is 0 Å². The minimum atomic E-state index is -4.05. The summed E-state index contributed by atoms with van der Waals surface area (Å²) in [6.45, 7) is 2.17. The number of halogens is 1. The van der Waals surface area contributed by atoms with Crippen LogP contribution in [0.5, 0.6) is 11.9 Å². The number of benzene rings is 1. The van der Waals surface area contributed by atoms with Gasteiger partial charge in [0.1, 0.15) is 11.5 Å². The molecule has 14 heteroatoms. The molecule has 2 fully saturated rings. The molecule has 240 valence electrons. The van der Waals surface area contributed by atoms with E-state index in [1.165, 1.54) is 26.2 Å². The Morgan fingerprint density at radius 1 is 1.07 bits per heavy atom. The fraction of sp³-hybridized carbons (Fsp3) is 0.452. The molecule has 1 saturated heterocycles. The van der Waals surface area contributed by atoms with E-state index in [0.717, 1.165) is 71.7 Å². The molecule has 6 rings (SSSR count). The highest BCUT2D eigenvalue weighted by Crippen LogP contribution is 2.43. The fourth-order valence-electron chi connectivity index (χ4n) is 6.01. The standard InChI is InChI=1S/C31H37FN6O6S/c1-36(2)45(40,41)35-30(39)25-17-24(19-12-14-37(15-13-19)18-21-16-26(42-3)44-31(21)43-4)27-28(20-6-5-7-20)34-38(29(27)33-25)23-10-8-22(32)9-11-23/h8-11,16-17,19-20H,5-7,12-15,18H2,1-4H3,(H,35,39). The zero-order chi connectivity index (χ0) is 31.9. The number of hydrogen-bond donors (Lipinski definition) is 1. The number of carbonyl (C=O) groups excluding carboxylic acids is 1. The van der Waals surface area contributed by atoms with Gasteiger partial charge in [0, 0.05) is 38.0 Å². The van der Waals surface area contributed by atoms with E-state index in [1.54, 1.807) is 37.1 Å². The Bertz CT molecular complexity index is 1810. The first kappa shape index (κ1) is 31.0. The lowest BCUT2D eigenvalue weighted by molar-refractivity contribution is 0.0975. The van der Waals surface area contributed by atoms with Crippen LogP contribution in [0.1, 0.15) is 71.2 Å². The van der Waals surface area contributed by atoms with Gasteiger partial charge in [0.25, 0.3) is 17.8 Å². The lowest BCUT2D eigenvalue weighted by Gasteiger charge is -2.33. The summed E-state index contributed by atoms with van der Waals surface area (Å²) in [7, 11) is 1.74. The van der Waals surface area contributed by atoms with Crippen LogP contribution in [0.2, 0.25) is 0 Å². The first-order chi connectivity index (χ1) is 21.6. The second-order valence-electron chi connectivity index (χ2n) is 11.8. The highest BCUT2D eigenvalue weighted by atomic mass is 32.2. The van der Waals surface area contributed by atoms with Gasteiger partial charge in [-0.3, -0.25) is 9.69 Å². The van der Waals surface area contributed by atoms with Crippen LogP contribution in [0.4, 0.5) is 4.39 Å². The molecule has 1 aromatic carbocycles. The van der Waals surface area contributed by atoms with E-state index >= 15 is 0 Å². The molecule has 0 spiro atoms. The number of carbonyl (C=O) groups is 1. The lowest BCUT2D eigenvalue weighted by atomic mass is 9.79. The van der Waals surface area contributed by atoms with Gasteiger partial charge in [-0.15, -0.1) is 0 Å². The quantitative estimate of drug-likeness (QED) is 0.269. The van der Waals surface area contributed by atoms with Gasteiger partial charge < -0.3 is 13.9 Å². The van der Waals surface area contributed by atoms with E-state index in [2.05, 4.69) is 9.62 Å². The number of fused-ring (bicyclic) bond motifs is 1. The van der Waals surface area contributed by atoms with Gasteiger partial charge in [0.2, 0.25) is 0 Å². The summed E-state index contributed by atoms with van der Waals surface area (Å²) in [5.74, 6) is -0.0924. The van der Waals surface area contributed by atoms with Crippen molar-refractivity contribution >= 4 is 27.1 Å². The summed E-state index contributed by atoms with van der Waals surface area (Å²) >= 11 is 0. The van der Waals surface area contributed by atoms with Gasteiger partial charge in [0.15, 0.2) is 5.65 Å². The molecule has 0 bridgehead atoms. The van der Waals surface area contributed by atoms with Crippen molar-refractivity contribution in [2.45, 2.75) is 50.5 Å². The number of furan rings is 1. The molecule has 1 amide bonds. The number of hydrogen-bond acceptors (Lipinski definition) is 9. The average Bonchev–Trinajstić information content (AvgIpc) is 3.57. The molecule has 0 radical (unpaired) electrons. The number of methoxy groups -OCH3 is 2. The van der Waals surface area contributed by atoms with Crippen LogP contribution in [0.3, 0.4) is 0 Å². The molecule has 0 unspecified atom stereocenters. The summed E-state index contributed by atoms with van der Waals surface area (Å²) in [5.41, 5.74) is 3.75. The van der Waals surface area contributed by atoms with E-state index in [1.807, 2.05) is 6.07 Å². The van der Waals surface area contributed by atoms with E-state index in [0.29, 0.717) is 29.8 Å². The molecule has 0 atom stereocenters. The second kappa shape index (κ2) is 12.4. The highest BCUT2D eigenvalue weighted by Gasteiger charge is 2.33. The van der Waals surface area contributed by atoms with E-state index in [-0.39, 0.29) is 23.3 Å². The minimum absolute atomic E-state index is 0.0241. The van der Waals surface area contributed by atoms with Crippen LogP contribution in [0, 0.1) is 5.82 Å². The molecule has 1 saturated carbocycles. The van der Waals surface area contributed by atoms with Crippen molar-refractivity contribution < 1.29 is 31.5 Å². The first-order valence-electron chi connectivity index (χ1n) is 14.9. The molecule has 45 heavy (non-hydrogen) atoms. The van der Waals surface area contributed by atoms with Crippen molar-refractivity contribution in [3.05, 3.63) is 64.7 Å². The number of pyridine rings is 1. The van der Waals surface area contributed by atoms with Crippen LogP contribution in [0.15, 0.2) is 40.8 Å². The highest BCUT2D eigenvalue weighted by molar-refractivity contribution is 7.87. The molecule has 3 aromatic heterocycles. The predicted octanol–water partition coefficient (Wildman–Crippen LogP) is 4.35. The van der Waals surface area contributed by atoms with Crippen molar-refractivity contribution in [1.29, 1.82) is 0 Å². The van der Waals surface area contributed by atoms with Gasteiger partial charge in [-0.2, -0.15) is 17.8 Å². The molecule has 2 aliphatic rings. The number of ether oxygens (including phenoxy) is 2. The average molecular weight is 641 g/mol.